The van der Waals surface area contributed by atoms with Gasteiger partial charge in [0.2, 0.25) is 0 Å². The van der Waals surface area contributed by atoms with Gasteiger partial charge in [0.05, 0.1) is 0 Å². The summed E-state index contributed by atoms with van der Waals surface area (Å²) in [6.45, 7) is 0.730. The summed E-state index contributed by atoms with van der Waals surface area (Å²) in [6.07, 6.45) is 3.37. The van der Waals surface area contributed by atoms with Crippen LogP contribution in [-0.4, -0.2) is 6.54 Å². The van der Waals surface area contributed by atoms with E-state index in [1.165, 1.54) is 6.20 Å². The van der Waals surface area contributed by atoms with Gasteiger partial charge < -0.3 is 11.1 Å². The van der Waals surface area contributed by atoms with Crippen LogP contribution in [0.15, 0.2) is 41.4 Å². The maximum absolute atomic E-state index is 5.19. The third kappa shape index (κ3) is 2.51. The maximum Gasteiger partial charge on any atom is 0.0478 e. The normalized spacial score (nSPS) is 10.4. The van der Waals surface area contributed by atoms with Gasteiger partial charge in [-0.15, -0.1) is 12.6 Å². The minimum Gasteiger partial charge on any atom is -0.405 e. The van der Waals surface area contributed by atoms with Gasteiger partial charge in [0.25, 0.3) is 0 Å². The Balaban J connectivity index is 2.57. The van der Waals surface area contributed by atoms with Gasteiger partial charge in [-0.25, -0.2) is 0 Å². The topological polar surface area (TPSA) is 38.0 Å². The first-order valence-corrected chi connectivity index (χ1v) is 4.18. The molecular formula is C9H12N2S. The molecule has 1 aromatic rings. The molecule has 0 aliphatic heterocycles. The maximum atomic E-state index is 5.19. The Labute approximate surface area is 77.9 Å². The molecule has 12 heavy (non-hydrogen) atoms. The van der Waals surface area contributed by atoms with Crippen molar-refractivity contribution in [2.45, 2.75) is 4.90 Å². The van der Waals surface area contributed by atoms with Gasteiger partial charge in [-0.2, -0.15) is 0 Å². The molecule has 0 saturated carbocycles. The van der Waals surface area contributed by atoms with Crippen LogP contribution < -0.4 is 11.1 Å². The summed E-state index contributed by atoms with van der Waals surface area (Å²) in [4.78, 5) is 0.947. The number of nitrogens with one attached hydrogen (secondary N) is 1. The van der Waals surface area contributed by atoms with E-state index in [1.54, 1.807) is 0 Å². The fourth-order valence-electron chi connectivity index (χ4n) is 0.860. The smallest absolute Gasteiger partial charge is 0.0478 e. The highest BCUT2D eigenvalue weighted by atomic mass is 32.1. The highest BCUT2D eigenvalue weighted by Gasteiger charge is 1.92. The molecule has 0 unspecified atom stereocenters. The molecule has 1 aromatic carbocycles. The Kier molecular flexibility index (Phi) is 3.54. The number of hydrogen-bond donors (Lipinski definition) is 3. The van der Waals surface area contributed by atoms with Gasteiger partial charge >= 0.3 is 0 Å². The zero-order valence-corrected chi connectivity index (χ0v) is 7.59. The molecule has 0 radical (unpaired) electrons. The van der Waals surface area contributed by atoms with Crippen molar-refractivity contribution in [2.24, 2.45) is 5.73 Å². The van der Waals surface area contributed by atoms with Crippen LogP contribution >= 0.6 is 12.6 Å². The molecule has 0 saturated heterocycles. The van der Waals surface area contributed by atoms with E-state index in [1.807, 2.05) is 30.3 Å². The van der Waals surface area contributed by atoms with Crippen molar-refractivity contribution >= 4 is 18.3 Å². The molecule has 3 N–H and O–H groups in total. The van der Waals surface area contributed by atoms with Crippen LogP contribution in [0.4, 0.5) is 5.69 Å². The van der Waals surface area contributed by atoms with E-state index in [9.17, 15) is 0 Å². The number of thiol groups is 1. The van der Waals surface area contributed by atoms with E-state index in [2.05, 4.69) is 17.9 Å². The average molecular weight is 180 g/mol. The second kappa shape index (κ2) is 4.72. The summed E-state index contributed by atoms with van der Waals surface area (Å²) < 4.78 is 0. The van der Waals surface area contributed by atoms with Crippen molar-refractivity contribution in [3.05, 3.63) is 36.5 Å². The Morgan fingerprint density at radius 2 is 2.17 bits per heavy atom. The standard InChI is InChI=1S/C9H12N2S/c10-6-3-7-11-8-4-1-2-5-9(8)12/h1-6,11-12H,7,10H2. The molecule has 0 fully saturated rings. The second-order valence-electron chi connectivity index (χ2n) is 2.33. The molecule has 0 amide bonds. The first kappa shape index (κ1) is 9.00. The Bertz CT molecular complexity index is 271. The van der Waals surface area contributed by atoms with Crippen molar-refractivity contribution in [3.63, 3.8) is 0 Å². The first-order chi connectivity index (χ1) is 5.84. The van der Waals surface area contributed by atoms with E-state index in [-0.39, 0.29) is 0 Å². The Hall–Kier alpha value is -1.09. The minimum atomic E-state index is 0.730. The monoisotopic (exact) mass is 180 g/mol. The van der Waals surface area contributed by atoms with Gasteiger partial charge in [0.1, 0.15) is 0 Å². The van der Waals surface area contributed by atoms with Crippen LogP contribution in [0.1, 0.15) is 0 Å². The molecule has 0 bridgehead atoms. The zero-order chi connectivity index (χ0) is 8.81. The van der Waals surface area contributed by atoms with Crippen molar-refractivity contribution in [2.75, 3.05) is 11.9 Å². The van der Waals surface area contributed by atoms with Crippen molar-refractivity contribution in [3.8, 4) is 0 Å². The van der Waals surface area contributed by atoms with Crippen LogP contribution in [0.5, 0.6) is 0 Å². The molecule has 0 aliphatic carbocycles. The fourth-order valence-corrected chi connectivity index (χ4v) is 1.10. The summed E-state index contributed by atoms with van der Waals surface area (Å²) in [5.74, 6) is 0. The predicted octanol–water partition coefficient (Wildman–Crippen LogP) is 1.86. The second-order valence-corrected chi connectivity index (χ2v) is 2.81. The van der Waals surface area contributed by atoms with E-state index < -0.39 is 0 Å². The molecule has 2 nitrogen and oxygen atoms in total. The number of nitrogens with two attached hydrogens (primary N) is 1. The number of rotatable bonds is 3. The number of anilines is 1. The Morgan fingerprint density at radius 1 is 1.42 bits per heavy atom. The van der Waals surface area contributed by atoms with Crippen LogP contribution in [0, 0.1) is 0 Å². The molecule has 0 aromatic heterocycles. The van der Waals surface area contributed by atoms with Crippen molar-refractivity contribution < 1.29 is 0 Å². The minimum absolute atomic E-state index is 0.730. The predicted molar refractivity (Wildman–Crippen MR) is 55.5 cm³/mol. The fraction of sp³-hybridized carbons (Fsp3) is 0.111. The lowest BCUT2D eigenvalue weighted by Crippen LogP contribution is -1.99. The summed E-state index contributed by atoms with van der Waals surface area (Å²) in [6, 6.07) is 7.84. The SMILES string of the molecule is NC=CCNc1ccccc1S. The summed E-state index contributed by atoms with van der Waals surface area (Å²) >= 11 is 4.28. The largest absolute Gasteiger partial charge is 0.405 e. The van der Waals surface area contributed by atoms with Gasteiger partial charge in [-0.3, -0.25) is 0 Å². The van der Waals surface area contributed by atoms with Gasteiger partial charge in [0, 0.05) is 17.1 Å². The highest BCUT2D eigenvalue weighted by molar-refractivity contribution is 7.80. The lowest BCUT2D eigenvalue weighted by molar-refractivity contribution is 1.28. The molecule has 0 atom stereocenters. The lowest BCUT2D eigenvalue weighted by atomic mass is 10.3. The van der Waals surface area contributed by atoms with Gasteiger partial charge in [-0.05, 0) is 24.4 Å². The number of para-hydroxylation sites is 1. The highest BCUT2D eigenvalue weighted by Crippen LogP contribution is 2.17. The van der Waals surface area contributed by atoms with Gasteiger partial charge in [-0.1, -0.05) is 12.1 Å². The lowest BCUT2D eigenvalue weighted by Gasteiger charge is -2.04. The van der Waals surface area contributed by atoms with Crippen molar-refractivity contribution in [1.82, 2.24) is 0 Å². The molecule has 0 heterocycles. The zero-order valence-electron chi connectivity index (χ0n) is 6.70. The van der Waals surface area contributed by atoms with Crippen LogP contribution in [0.25, 0.3) is 0 Å². The van der Waals surface area contributed by atoms with E-state index in [4.69, 9.17) is 5.73 Å². The van der Waals surface area contributed by atoms with Crippen LogP contribution in [-0.2, 0) is 0 Å². The van der Waals surface area contributed by atoms with Gasteiger partial charge in [0.15, 0.2) is 0 Å². The van der Waals surface area contributed by atoms with Crippen LogP contribution in [0.3, 0.4) is 0 Å². The van der Waals surface area contributed by atoms with Crippen molar-refractivity contribution in [1.29, 1.82) is 0 Å². The van der Waals surface area contributed by atoms with E-state index in [0.29, 0.717) is 0 Å². The van der Waals surface area contributed by atoms with E-state index >= 15 is 0 Å². The third-order valence-electron chi connectivity index (χ3n) is 1.45. The summed E-state index contributed by atoms with van der Waals surface area (Å²) in [5, 5.41) is 3.17. The van der Waals surface area contributed by atoms with E-state index in [0.717, 1.165) is 17.1 Å². The molecular weight excluding hydrogens is 168 g/mol. The molecule has 0 aliphatic rings. The summed E-state index contributed by atoms with van der Waals surface area (Å²) in [5.41, 5.74) is 6.22. The third-order valence-corrected chi connectivity index (χ3v) is 1.84. The van der Waals surface area contributed by atoms with Crippen LogP contribution in [0.2, 0.25) is 0 Å². The first-order valence-electron chi connectivity index (χ1n) is 3.73. The average Bonchev–Trinajstić information content (AvgIpc) is 2.09. The molecule has 3 heteroatoms. The Morgan fingerprint density at radius 3 is 2.83 bits per heavy atom. The molecule has 1 rings (SSSR count). The molecule has 64 valence electrons. The quantitative estimate of drug-likeness (QED) is 0.621. The summed E-state index contributed by atoms with van der Waals surface area (Å²) in [7, 11) is 0. The molecule has 0 spiro atoms. The number of benzene rings is 1. The number of hydrogen-bond acceptors (Lipinski definition) is 3.